The topological polar surface area (TPSA) is 12.0 Å². The van der Waals surface area contributed by atoms with Gasteiger partial charge in [0, 0.05) is 5.02 Å². The van der Waals surface area contributed by atoms with E-state index in [2.05, 4.69) is 41.2 Å². The lowest BCUT2D eigenvalue weighted by atomic mass is 9.93. The van der Waals surface area contributed by atoms with E-state index in [1.54, 1.807) is 11.3 Å². The first-order valence-corrected chi connectivity index (χ1v) is 8.57. The van der Waals surface area contributed by atoms with E-state index in [0.29, 0.717) is 5.92 Å². The van der Waals surface area contributed by atoms with Crippen molar-refractivity contribution in [2.24, 2.45) is 5.92 Å². The van der Waals surface area contributed by atoms with E-state index in [-0.39, 0.29) is 0 Å². The molecular formula is C17H22ClNS. The van der Waals surface area contributed by atoms with E-state index in [9.17, 15) is 0 Å². The molecule has 0 radical (unpaired) electrons. The molecule has 1 aromatic carbocycles. The molecule has 2 rings (SSSR count). The third kappa shape index (κ3) is 4.93. The van der Waals surface area contributed by atoms with Gasteiger partial charge in [-0.05, 0) is 72.3 Å². The Kier molecular flexibility index (Phi) is 6.58. The maximum absolute atomic E-state index is 6.29. The average molecular weight is 308 g/mol. The molecule has 1 atom stereocenters. The van der Waals surface area contributed by atoms with Gasteiger partial charge in [0.25, 0.3) is 0 Å². The van der Waals surface area contributed by atoms with Gasteiger partial charge >= 0.3 is 0 Å². The van der Waals surface area contributed by atoms with Crippen LogP contribution in [-0.4, -0.2) is 13.1 Å². The fourth-order valence-electron chi connectivity index (χ4n) is 2.42. The normalized spacial score (nSPS) is 12.5. The minimum Gasteiger partial charge on any atom is -0.316 e. The summed E-state index contributed by atoms with van der Waals surface area (Å²) in [7, 11) is 0. The van der Waals surface area contributed by atoms with E-state index in [1.165, 1.54) is 17.5 Å². The Morgan fingerprint density at radius 2 is 2.05 bits per heavy atom. The Balaban J connectivity index is 1.99. The molecule has 0 aliphatic carbocycles. The summed E-state index contributed by atoms with van der Waals surface area (Å²) in [4.78, 5) is 0. The van der Waals surface area contributed by atoms with Crippen LogP contribution in [-0.2, 0) is 12.8 Å². The fraction of sp³-hybridized carbons (Fsp3) is 0.412. The van der Waals surface area contributed by atoms with Crippen LogP contribution in [0.15, 0.2) is 41.1 Å². The summed E-state index contributed by atoms with van der Waals surface area (Å²) in [5.74, 6) is 0.594. The molecule has 108 valence electrons. The van der Waals surface area contributed by atoms with Crippen LogP contribution in [0.4, 0.5) is 0 Å². The quantitative estimate of drug-likeness (QED) is 0.691. The molecule has 0 saturated carbocycles. The van der Waals surface area contributed by atoms with Gasteiger partial charge in [-0.2, -0.15) is 11.3 Å². The van der Waals surface area contributed by atoms with Gasteiger partial charge in [0.2, 0.25) is 0 Å². The Morgan fingerprint density at radius 1 is 1.20 bits per heavy atom. The fourth-order valence-corrected chi connectivity index (χ4v) is 3.31. The van der Waals surface area contributed by atoms with Gasteiger partial charge in [-0.3, -0.25) is 0 Å². The molecule has 20 heavy (non-hydrogen) atoms. The number of rotatable bonds is 8. The number of hydrogen-bond donors (Lipinski definition) is 1. The van der Waals surface area contributed by atoms with Gasteiger partial charge in [0.1, 0.15) is 0 Å². The summed E-state index contributed by atoms with van der Waals surface area (Å²) in [6, 6.07) is 10.4. The number of nitrogens with one attached hydrogen (secondary N) is 1. The molecule has 0 saturated heterocycles. The van der Waals surface area contributed by atoms with Crippen LogP contribution in [0, 0.1) is 5.92 Å². The maximum atomic E-state index is 6.29. The number of hydrogen-bond acceptors (Lipinski definition) is 2. The van der Waals surface area contributed by atoms with Crippen molar-refractivity contribution in [2.45, 2.75) is 26.2 Å². The van der Waals surface area contributed by atoms with Crippen LogP contribution in [0.5, 0.6) is 0 Å². The molecular weight excluding hydrogens is 286 g/mol. The van der Waals surface area contributed by atoms with Gasteiger partial charge in [-0.25, -0.2) is 0 Å². The SMILES string of the molecule is CCCNCC(Cc1ccsc1)Cc1ccccc1Cl. The molecule has 1 heterocycles. The highest BCUT2D eigenvalue weighted by Gasteiger charge is 2.12. The Bertz CT molecular complexity index is 495. The summed E-state index contributed by atoms with van der Waals surface area (Å²) in [6.45, 7) is 4.34. The van der Waals surface area contributed by atoms with Crippen LogP contribution in [0.1, 0.15) is 24.5 Å². The lowest BCUT2D eigenvalue weighted by Crippen LogP contribution is -2.26. The summed E-state index contributed by atoms with van der Waals surface area (Å²) in [5.41, 5.74) is 2.69. The largest absolute Gasteiger partial charge is 0.316 e. The number of benzene rings is 1. The highest BCUT2D eigenvalue weighted by molar-refractivity contribution is 7.07. The molecule has 1 N–H and O–H groups in total. The third-order valence-corrected chi connectivity index (χ3v) is 4.53. The molecule has 1 aromatic heterocycles. The highest BCUT2D eigenvalue weighted by Crippen LogP contribution is 2.21. The Morgan fingerprint density at radius 3 is 2.75 bits per heavy atom. The molecule has 0 aliphatic heterocycles. The predicted octanol–water partition coefficient (Wildman–Crippen LogP) is 4.80. The molecule has 0 aliphatic rings. The molecule has 2 aromatic rings. The van der Waals surface area contributed by atoms with Crippen molar-refractivity contribution in [1.29, 1.82) is 0 Å². The molecule has 3 heteroatoms. The Hall–Kier alpha value is -0.830. The zero-order valence-electron chi connectivity index (χ0n) is 11.9. The first-order valence-electron chi connectivity index (χ1n) is 7.24. The first kappa shape index (κ1) is 15.6. The second-order valence-electron chi connectivity index (χ2n) is 5.20. The standard InChI is InChI=1S/C17H22ClNS/c1-2-8-19-12-15(10-14-7-9-20-13-14)11-16-5-3-4-6-17(16)18/h3-7,9,13,15,19H,2,8,10-12H2,1H3. The maximum Gasteiger partial charge on any atom is 0.0438 e. The minimum atomic E-state index is 0.594. The van der Waals surface area contributed by atoms with Gasteiger partial charge in [-0.15, -0.1) is 0 Å². The van der Waals surface area contributed by atoms with Crippen LogP contribution >= 0.6 is 22.9 Å². The Labute approximate surface area is 131 Å². The monoisotopic (exact) mass is 307 g/mol. The first-order chi connectivity index (χ1) is 9.79. The smallest absolute Gasteiger partial charge is 0.0438 e. The van der Waals surface area contributed by atoms with E-state index in [4.69, 9.17) is 11.6 Å². The lowest BCUT2D eigenvalue weighted by Gasteiger charge is -2.18. The summed E-state index contributed by atoms with van der Waals surface area (Å²) in [5, 5.41) is 8.84. The second-order valence-corrected chi connectivity index (χ2v) is 6.39. The molecule has 1 nitrogen and oxygen atoms in total. The number of halogens is 1. The van der Waals surface area contributed by atoms with Crippen LogP contribution in [0.25, 0.3) is 0 Å². The van der Waals surface area contributed by atoms with Crippen LogP contribution in [0.2, 0.25) is 5.02 Å². The third-order valence-electron chi connectivity index (χ3n) is 3.43. The summed E-state index contributed by atoms with van der Waals surface area (Å²) >= 11 is 8.07. The van der Waals surface area contributed by atoms with Crippen molar-refractivity contribution in [3.63, 3.8) is 0 Å². The number of thiophene rings is 1. The lowest BCUT2D eigenvalue weighted by molar-refractivity contribution is 0.471. The molecule has 0 amide bonds. The minimum absolute atomic E-state index is 0.594. The van der Waals surface area contributed by atoms with Crippen molar-refractivity contribution in [1.82, 2.24) is 5.32 Å². The van der Waals surface area contributed by atoms with Gasteiger partial charge in [0.05, 0.1) is 0 Å². The van der Waals surface area contributed by atoms with Crippen LogP contribution < -0.4 is 5.32 Å². The molecule has 1 unspecified atom stereocenters. The van der Waals surface area contributed by atoms with Gasteiger partial charge < -0.3 is 5.32 Å². The van der Waals surface area contributed by atoms with Crippen molar-refractivity contribution in [2.75, 3.05) is 13.1 Å². The average Bonchev–Trinajstić information content (AvgIpc) is 2.94. The second kappa shape index (κ2) is 8.46. The van der Waals surface area contributed by atoms with Gasteiger partial charge in [-0.1, -0.05) is 36.7 Å². The van der Waals surface area contributed by atoms with Crippen molar-refractivity contribution in [3.05, 3.63) is 57.2 Å². The predicted molar refractivity (Wildman–Crippen MR) is 89.8 cm³/mol. The van der Waals surface area contributed by atoms with Crippen molar-refractivity contribution >= 4 is 22.9 Å². The van der Waals surface area contributed by atoms with Crippen LogP contribution in [0.3, 0.4) is 0 Å². The zero-order valence-corrected chi connectivity index (χ0v) is 13.5. The van der Waals surface area contributed by atoms with E-state index < -0.39 is 0 Å². The van der Waals surface area contributed by atoms with E-state index >= 15 is 0 Å². The van der Waals surface area contributed by atoms with Crippen molar-refractivity contribution in [3.8, 4) is 0 Å². The van der Waals surface area contributed by atoms with E-state index in [0.717, 1.165) is 31.0 Å². The molecule has 0 fully saturated rings. The molecule has 0 spiro atoms. The zero-order chi connectivity index (χ0) is 14.2. The van der Waals surface area contributed by atoms with E-state index in [1.807, 2.05) is 12.1 Å². The van der Waals surface area contributed by atoms with Crippen molar-refractivity contribution < 1.29 is 0 Å². The van der Waals surface area contributed by atoms with Gasteiger partial charge in [0.15, 0.2) is 0 Å². The molecule has 0 bridgehead atoms. The summed E-state index contributed by atoms with van der Waals surface area (Å²) in [6.07, 6.45) is 3.33. The summed E-state index contributed by atoms with van der Waals surface area (Å²) < 4.78 is 0. The highest BCUT2D eigenvalue weighted by atomic mass is 35.5.